The highest BCUT2D eigenvalue weighted by molar-refractivity contribution is 5.95. The van der Waals surface area contributed by atoms with Crippen LogP contribution in [0.1, 0.15) is 25.5 Å². The first-order valence-corrected chi connectivity index (χ1v) is 7.81. The number of nitriles is 1. The summed E-state index contributed by atoms with van der Waals surface area (Å²) >= 11 is 0. The van der Waals surface area contributed by atoms with Gasteiger partial charge in [-0.05, 0) is 24.5 Å². The van der Waals surface area contributed by atoms with Gasteiger partial charge in [0.15, 0.2) is 0 Å². The van der Waals surface area contributed by atoms with Crippen molar-refractivity contribution in [2.24, 2.45) is 5.92 Å². The molecule has 124 valence electrons. The Morgan fingerprint density at radius 2 is 2.35 bits per heavy atom. The maximum atomic E-state index is 12.0. The topological polar surface area (TPSA) is 88.2 Å². The molecule has 0 radical (unpaired) electrons. The summed E-state index contributed by atoms with van der Waals surface area (Å²) in [7, 11) is 3.71. The molecule has 1 aliphatic heterocycles. The lowest BCUT2D eigenvalue weighted by molar-refractivity contribution is -0.132. The number of piperidine rings is 1. The van der Waals surface area contributed by atoms with Gasteiger partial charge in [0, 0.05) is 33.4 Å². The molecule has 0 aromatic carbocycles. The molecule has 0 saturated carbocycles. The Kier molecular flexibility index (Phi) is 5.27. The van der Waals surface area contributed by atoms with Gasteiger partial charge in [-0.3, -0.25) is 14.9 Å². The zero-order valence-corrected chi connectivity index (χ0v) is 13.9. The average Bonchev–Trinajstić information content (AvgIpc) is 3.02. The van der Waals surface area contributed by atoms with E-state index in [1.54, 1.807) is 9.58 Å². The fourth-order valence-electron chi connectivity index (χ4n) is 3.07. The summed E-state index contributed by atoms with van der Waals surface area (Å²) in [6.45, 7) is 3.39. The third-order valence-corrected chi connectivity index (χ3v) is 4.58. The van der Waals surface area contributed by atoms with Crippen LogP contribution >= 0.6 is 0 Å². The minimum Gasteiger partial charge on any atom is -0.353 e. The van der Waals surface area contributed by atoms with E-state index < -0.39 is 0 Å². The third kappa shape index (κ3) is 3.47. The van der Waals surface area contributed by atoms with Gasteiger partial charge in [0.1, 0.15) is 18.0 Å². The molecule has 1 fully saturated rings. The molecule has 0 unspecified atom stereocenters. The summed E-state index contributed by atoms with van der Waals surface area (Å²) in [5.74, 6) is 0.670. The Bertz CT molecular complexity index is 616. The van der Waals surface area contributed by atoms with Crippen molar-refractivity contribution in [2.45, 2.75) is 25.8 Å². The van der Waals surface area contributed by atoms with Gasteiger partial charge in [-0.1, -0.05) is 6.92 Å². The van der Waals surface area contributed by atoms with Crippen LogP contribution in [0.25, 0.3) is 0 Å². The third-order valence-electron chi connectivity index (χ3n) is 4.58. The molecule has 0 bridgehead atoms. The van der Waals surface area contributed by atoms with Gasteiger partial charge < -0.3 is 15.2 Å². The van der Waals surface area contributed by atoms with Crippen molar-refractivity contribution in [2.75, 3.05) is 32.6 Å². The van der Waals surface area contributed by atoms with Crippen molar-refractivity contribution in [3.05, 3.63) is 24.0 Å². The van der Waals surface area contributed by atoms with E-state index in [2.05, 4.69) is 12.3 Å². The minimum absolute atomic E-state index is 0.0686. The molecule has 1 aliphatic rings. The summed E-state index contributed by atoms with van der Waals surface area (Å²) in [6.07, 6.45) is 2.67. The molecule has 1 amide bonds. The molecule has 2 heterocycles. The normalized spacial score (nSPS) is 20.7. The average molecular weight is 316 g/mol. The van der Waals surface area contributed by atoms with Gasteiger partial charge in [0.2, 0.25) is 5.91 Å². The lowest BCUT2D eigenvalue weighted by Crippen LogP contribution is -2.54. The lowest BCUT2D eigenvalue weighted by atomic mass is 9.92. The smallest absolute Gasteiger partial charge is 0.236 e. The number of hydrogen-bond acceptors (Lipinski definition) is 4. The summed E-state index contributed by atoms with van der Waals surface area (Å²) in [4.78, 5) is 15.7. The van der Waals surface area contributed by atoms with Crippen molar-refractivity contribution in [3.63, 3.8) is 0 Å². The number of hydrogen-bond donors (Lipinski definition) is 2. The number of nitrogens with one attached hydrogen (secondary N) is 2. The molecular weight excluding hydrogens is 292 g/mol. The molecule has 2 rings (SSSR count). The van der Waals surface area contributed by atoms with E-state index in [-0.39, 0.29) is 18.4 Å². The van der Waals surface area contributed by atoms with E-state index in [0.29, 0.717) is 24.8 Å². The molecule has 7 heteroatoms. The second-order valence-electron chi connectivity index (χ2n) is 5.95. The van der Waals surface area contributed by atoms with Crippen molar-refractivity contribution in [3.8, 4) is 6.07 Å². The first kappa shape index (κ1) is 16.9. The van der Waals surface area contributed by atoms with E-state index in [4.69, 9.17) is 10.7 Å². The maximum Gasteiger partial charge on any atom is 0.236 e. The largest absolute Gasteiger partial charge is 0.353 e. The molecule has 1 aromatic rings. The molecule has 1 saturated heterocycles. The van der Waals surface area contributed by atoms with Gasteiger partial charge >= 0.3 is 0 Å². The van der Waals surface area contributed by atoms with Crippen LogP contribution in [-0.2, 0) is 4.79 Å². The van der Waals surface area contributed by atoms with Crippen molar-refractivity contribution >= 4 is 11.7 Å². The Hall–Kier alpha value is -2.49. The highest BCUT2D eigenvalue weighted by Crippen LogP contribution is 2.23. The Balaban J connectivity index is 2.13. The number of amidine groups is 1. The number of likely N-dealkylation sites (N-methyl/N-ethyl adjacent to an activating group) is 1. The maximum absolute atomic E-state index is 12.0. The molecule has 0 spiro atoms. The SMILES string of the molecule is CNn1cccc1C(=N)N(C)[C@H]1CN(C(=O)CC#N)CC[C@H]1C. The zero-order chi connectivity index (χ0) is 17.0. The molecule has 0 aliphatic carbocycles. The van der Waals surface area contributed by atoms with Crippen LogP contribution in [-0.4, -0.2) is 59.4 Å². The standard InChI is InChI=1S/C16H24N6O/c1-12-7-10-21(15(23)6-8-17)11-14(12)20(3)16(18)13-5-4-9-22(13)19-2/h4-5,9,12,14,18-19H,6-7,10-11H2,1-3H3/t12-,14+/m1/s1. The fraction of sp³-hybridized carbons (Fsp3) is 0.562. The minimum atomic E-state index is -0.122. The first-order valence-electron chi connectivity index (χ1n) is 7.81. The Morgan fingerprint density at radius 3 is 3.00 bits per heavy atom. The van der Waals surface area contributed by atoms with Gasteiger partial charge in [0.25, 0.3) is 0 Å². The number of carbonyl (C=O) groups is 1. The second kappa shape index (κ2) is 7.18. The van der Waals surface area contributed by atoms with Crippen LogP contribution in [0.5, 0.6) is 0 Å². The lowest BCUT2D eigenvalue weighted by Gasteiger charge is -2.42. The van der Waals surface area contributed by atoms with Crippen molar-refractivity contribution in [1.82, 2.24) is 14.5 Å². The zero-order valence-electron chi connectivity index (χ0n) is 13.9. The molecule has 1 aromatic heterocycles. The highest BCUT2D eigenvalue weighted by atomic mass is 16.2. The monoisotopic (exact) mass is 316 g/mol. The summed E-state index contributed by atoms with van der Waals surface area (Å²) < 4.78 is 1.80. The van der Waals surface area contributed by atoms with Crippen LogP contribution in [0.4, 0.5) is 0 Å². The van der Waals surface area contributed by atoms with Crippen LogP contribution in [0.3, 0.4) is 0 Å². The summed E-state index contributed by atoms with van der Waals surface area (Å²) in [5.41, 5.74) is 3.80. The Morgan fingerprint density at radius 1 is 1.61 bits per heavy atom. The van der Waals surface area contributed by atoms with Crippen molar-refractivity contribution in [1.29, 1.82) is 10.7 Å². The van der Waals surface area contributed by atoms with E-state index in [9.17, 15) is 4.79 Å². The van der Waals surface area contributed by atoms with E-state index in [0.717, 1.165) is 12.1 Å². The predicted molar refractivity (Wildman–Crippen MR) is 88.7 cm³/mol. The van der Waals surface area contributed by atoms with Crippen LogP contribution in [0.15, 0.2) is 18.3 Å². The number of amides is 1. The molecule has 7 nitrogen and oxygen atoms in total. The number of rotatable bonds is 4. The number of likely N-dealkylation sites (tertiary alicyclic amines) is 1. The van der Waals surface area contributed by atoms with Gasteiger partial charge in [-0.25, -0.2) is 0 Å². The molecule has 23 heavy (non-hydrogen) atoms. The summed E-state index contributed by atoms with van der Waals surface area (Å²) in [5, 5.41) is 17.2. The van der Waals surface area contributed by atoms with Gasteiger partial charge in [-0.2, -0.15) is 5.26 Å². The number of aromatic nitrogens is 1. The number of nitrogens with zero attached hydrogens (tertiary/aromatic N) is 4. The van der Waals surface area contributed by atoms with E-state index in [1.165, 1.54) is 0 Å². The van der Waals surface area contributed by atoms with Crippen LogP contribution < -0.4 is 5.43 Å². The second-order valence-corrected chi connectivity index (χ2v) is 5.95. The highest BCUT2D eigenvalue weighted by Gasteiger charge is 2.33. The van der Waals surface area contributed by atoms with Gasteiger partial charge in [0.05, 0.1) is 12.1 Å². The predicted octanol–water partition coefficient (Wildman–Crippen LogP) is 1.07. The van der Waals surface area contributed by atoms with E-state index in [1.807, 2.05) is 43.4 Å². The molecule has 2 atom stereocenters. The Labute approximate surface area is 137 Å². The summed E-state index contributed by atoms with van der Waals surface area (Å²) in [6, 6.07) is 5.77. The number of carbonyl (C=O) groups excluding carboxylic acids is 1. The first-order chi connectivity index (χ1) is 11.0. The van der Waals surface area contributed by atoms with Crippen molar-refractivity contribution < 1.29 is 4.79 Å². The van der Waals surface area contributed by atoms with Crippen LogP contribution in [0, 0.1) is 22.7 Å². The quantitative estimate of drug-likeness (QED) is 0.642. The molecular formula is C16H24N6O. The van der Waals surface area contributed by atoms with Gasteiger partial charge in [-0.15, -0.1) is 0 Å². The molecule has 2 N–H and O–H groups in total. The fourth-order valence-corrected chi connectivity index (χ4v) is 3.07. The van der Waals surface area contributed by atoms with E-state index >= 15 is 0 Å². The van der Waals surface area contributed by atoms with Crippen LogP contribution in [0.2, 0.25) is 0 Å².